The van der Waals surface area contributed by atoms with Gasteiger partial charge in [-0.05, 0) is 19.5 Å². The van der Waals surface area contributed by atoms with Gasteiger partial charge in [-0.1, -0.05) is 6.07 Å². The fourth-order valence-electron chi connectivity index (χ4n) is 1.04. The SMILES string of the molecule is COc1nc(CCN)ccc1C. The number of hydrogen-bond acceptors (Lipinski definition) is 3. The Morgan fingerprint density at radius 2 is 2.25 bits per heavy atom. The highest BCUT2D eigenvalue weighted by Crippen LogP contribution is 2.13. The molecule has 0 saturated carbocycles. The van der Waals surface area contributed by atoms with Gasteiger partial charge in [0.2, 0.25) is 5.88 Å². The Bertz CT molecular complexity index is 261. The van der Waals surface area contributed by atoms with Crippen molar-refractivity contribution < 1.29 is 4.74 Å². The van der Waals surface area contributed by atoms with Gasteiger partial charge >= 0.3 is 0 Å². The molecule has 0 aliphatic heterocycles. The number of ether oxygens (including phenoxy) is 1. The van der Waals surface area contributed by atoms with E-state index in [1.165, 1.54) is 0 Å². The summed E-state index contributed by atoms with van der Waals surface area (Å²) < 4.78 is 5.08. The van der Waals surface area contributed by atoms with Crippen LogP contribution in [0.4, 0.5) is 0 Å². The van der Waals surface area contributed by atoms with Crippen molar-refractivity contribution in [2.75, 3.05) is 13.7 Å². The van der Waals surface area contributed by atoms with Crippen LogP contribution in [0.5, 0.6) is 5.88 Å². The minimum atomic E-state index is 0.624. The summed E-state index contributed by atoms with van der Waals surface area (Å²) in [5.41, 5.74) is 7.45. The minimum Gasteiger partial charge on any atom is -0.481 e. The van der Waals surface area contributed by atoms with Crippen LogP contribution in [0.2, 0.25) is 0 Å². The summed E-state index contributed by atoms with van der Waals surface area (Å²) in [5.74, 6) is 0.695. The lowest BCUT2D eigenvalue weighted by molar-refractivity contribution is 0.393. The van der Waals surface area contributed by atoms with Crippen LogP contribution in [0, 0.1) is 6.92 Å². The summed E-state index contributed by atoms with van der Waals surface area (Å²) in [4.78, 5) is 4.28. The highest BCUT2D eigenvalue weighted by Gasteiger charge is 2.00. The second-order valence-corrected chi connectivity index (χ2v) is 2.67. The van der Waals surface area contributed by atoms with Crippen LogP contribution in [-0.4, -0.2) is 18.6 Å². The van der Waals surface area contributed by atoms with E-state index in [4.69, 9.17) is 10.5 Å². The first kappa shape index (κ1) is 9.00. The Balaban J connectivity index is 2.89. The average Bonchev–Trinajstić information content (AvgIpc) is 2.09. The molecule has 2 N–H and O–H groups in total. The zero-order chi connectivity index (χ0) is 8.97. The lowest BCUT2D eigenvalue weighted by Crippen LogP contribution is -2.05. The van der Waals surface area contributed by atoms with E-state index in [2.05, 4.69) is 4.98 Å². The molecule has 0 amide bonds. The molecule has 0 radical (unpaired) electrons. The van der Waals surface area contributed by atoms with Gasteiger partial charge < -0.3 is 10.5 Å². The monoisotopic (exact) mass is 166 g/mol. The van der Waals surface area contributed by atoms with Gasteiger partial charge in [-0.25, -0.2) is 4.98 Å². The minimum absolute atomic E-state index is 0.624. The standard InChI is InChI=1S/C9H14N2O/c1-7-3-4-8(5-6-10)11-9(7)12-2/h3-4H,5-6,10H2,1-2H3. The summed E-state index contributed by atoms with van der Waals surface area (Å²) in [6.45, 7) is 2.59. The summed E-state index contributed by atoms with van der Waals surface area (Å²) in [7, 11) is 1.63. The predicted molar refractivity (Wildman–Crippen MR) is 48.3 cm³/mol. The average molecular weight is 166 g/mol. The summed E-state index contributed by atoms with van der Waals surface area (Å²) in [5, 5.41) is 0. The van der Waals surface area contributed by atoms with Gasteiger partial charge in [-0.2, -0.15) is 0 Å². The molecule has 0 atom stereocenters. The third-order valence-corrected chi connectivity index (χ3v) is 1.70. The third-order valence-electron chi connectivity index (χ3n) is 1.70. The van der Waals surface area contributed by atoms with Gasteiger partial charge in [0.05, 0.1) is 7.11 Å². The number of aryl methyl sites for hydroxylation is 1. The first-order valence-corrected chi connectivity index (χ1v) is 3.98. The largest absolute Gasteiger partial charge is 0.481 e. The number of nitrogens with zero attached hydrogens (tertiary/aromatic N) is 1. The van der Waals surface area contributed by atoms with E-state index in [-0.39, 0.29) is 0 Å². The van der Waals surface area contributed by atoms with E-state index in [0.717, 1.165) is 17.7 Å². The number of hydrogen-bond donors (Lipinski definition) is 1. The van der Waals surface area contributed by atoms with Crippen molar-refractivity contribution in [2.45, 2.75) is 13.3 Å². The summed E-state index contributed by atoms with van der Waals surface area (Å²) in [6, 6.07) is 3.97. The van der Waals surface area contributed by atoms with Gasteiger partial charge in [-0.15, -0.1) is 0 Å². The van der Waals surface area contributed by atoms with E-state index < -0.39 is 0 Å². The van der Waals surface area contributed by atoms with Crippen LogP contribution in [0.15, 0.2) is 12.1 Å². The molecule has 3 nitrogen and oxygen atoms in total. The third kappa shape index (κ3) is 1.95. The molecule has 0 bridgehead atoms. The normalized spacial score (nSPS) is 9.92. The van der Waals surface area contributed by atoms with Crippen LogP contribution in [0.3, 0.4) is 0 Å². The van der Waals surface area contributed by atoms with Crippen LogP contribution < -0.4 is 10.5 Å². The quantitative estimate of drug-likeness (QED) is 0.725. The molecular formula is C9H14N2O. The summed E-state index contributed by atoms with van der Waals surface area (Å²) in [6.07, 6.45) is 0.802. The van der Waals surface area contributed by atoms with Crippen molar-refractivity contribution in [1.82, 2.24) is 4.98 Å². The molecule has 0 unspecified atom stereocenters. The van der Waals surface area contributed by atoms with E-state index >= 15 is 0 Å². The fourth-order valence-corrected chi connectivity index (χ4v) is 1.04. The number of aromatic nitrogens is 1. The number of methoxy groups -OCH3 is 1. The molecule has 0 aliphatic rings. The lowest BCUT2D eigenvalue weighted by Gasteiger charge is -2.04. The molecule has 0 fully saturated rings. The second-order valence-electron chi connectivity index (χ2n) is 2.67. The molecule has 1 aromatic rings. The highest BCUT2D eigenvalue weighted by molar-refractivity contribution is 5.26. The molecule has 0 spiro atoms. The molecule has 12 heavy (non-hydrogen) atoms. The van der Waals surface area contributed by atoms with Crippen molar-refractivity contribution in [2.24, 2.45) is 5.73 Å². The Hall–Kier alpha value is -1.09. The van der Waals surface area contributed by atoms with Crippen molar-refractivity contribution in [3.05, 3.63) is 23.4 Å². The maximum atomic E-state index is 5.41. The molecule has 3 heteroatoms. The van der Waals surface area contributed by atoms with Gasteiger partial charge in [0.25, 0.3) is 0 Å². The van der Waals surface area contributed by atoms with Gasteiger partial charge in [-0.3, -0.25) is 0 Å². The molecule has 0 aromatic carbocycles. The van der Waals surface area contributed by atoms with Crippen LogP contribution in [-0.2, 0) is 6.42 Å². The molecule has 0 aliphatic carbocycles. The van der Waals surface area contributed by atoms with Gasteiger partial charge in [0.15, 0.2) is 0 Å². The number of pyridine rings is 1. The molecular weight excluding hydrogens is 152 g/mol. The summed E-state index contributed by atoms with van der Waals surface area (Å²) >= 11 is 0. The van der Waals surface area contributed by atoms with Crippen molar-refractivity contribution in [3.63, 3.8) is 0 Å². The number of rotatable bonds is 3. The van der Waals surface area contributed by atoms with Crippen LogP contribution in [0.1, 0.15) is 11.3 Å². The number of nitrogens with two attached hydrogens (primary N) is 1. The zero-order valence-electron chi connectivity index (χ0n) is 7.50. The van der Waals surface area contributed by atoms with E-state index in [1.807, 2.05) is 19.1 Å². The van der Waals surface area contributed by atoms with Crippen molar-refractivity contribution in [3.8, 4) is 5.88 Å². The van der Waals surface area contributed by atoms with E-state index in [9.17, 15) is 0 Å². The maximum Gasteiger partial charge on any atom is 0.216 e. The Morgan fingerprint density at radius 3 is 2.83 bits per heavy atom. The van der Waals surface area contributed by atoms with E-state index in [1.54, 1.807) is 7.11 Å². The molecule has 1 heterocycles. The second kappa shape index (κ2) is 4.07. The van der Waals surface area contributed by atoms with Gasteiger partial charge in [0.1, 0.15) is 0 Å². The van der Waals surface area contributed by atoms with E-state index in [0.29, 0.717) is 12.4 Å². The molecule has 1 aromatic heterocycles. The van der Waals surface area contributed by atoms with Gasteiger partial charge in [0, 0.05) is 17.7 Å². The molecule has 66 valence electrons. The van der Waals surface area contributed by atoms with Crippen molar-refractivity contribution in [1.29, 1.82) is 0 Å². The maximum absolute atomic E-state index is 5.41. The van der Waals surface area contributed by atoms with Crippen LogP contribution in [0.25, 0.3) is 0 Å². The van der Waals surface area contributed by atoms with Crippen LogP contribution >= 0.6 is 0 Å². The topological polar surface area (TPSA) is 48.1 Å². The Kier molecular flexibility index (Phi) is 3.05. The zero-order valence-corrected chi connectivity index (χ0v) is 7.50. The smallest absolute Gasteiger partial charge is 0.216 e. The molecule has 1 rings (SSSR count). The fraction of sp³-hybridized carbons (Fsp3) is 0.444. The van der Waals surface area contributed by atoms with Crippen molar-refractivity contribution >= 4 is 0 Å². The predicted octanol–water partition coefficient (Wildman–Crippen LogP) is 0.900. The first-order chi connectivity index (χ1) is 5.77. The Labute approximate surface area is 72.6 Å². The highest BCUT2D eigenvalue weighted by atomic mass is 16.5. The molecule has 0 saturated heterocycles. The Morgan fingerprint density at radius 1 is 1.50 bits per heavy atom. The first-order valence-electron chi connectivity index (χ1n) is 3.98. The lowest BCUT2D eigenvalue weighted by atomic mass is 10.2.